The summed E-state index contributed by atoms with van der Waals surface area (Å²) in [5.41, 5.74) is 5.16. The van der Waals surface area contributed by atoms with E-state index in [9.17, 15) is 15.0 Å². The zero-order chi connectivity index (χ0) is 10.7. The van der Waals surface area contributed by atoms with Crippen molar-refractivity contribution in [3.05, 3.63) is 21.9 Å². The zero-order valence-electron chi connectivity index (χ0n) is 7.25. The third kappa shape index (κ3) is 2.10. The molecule has 2 unspecified atom stereocenters. The van der Waals surface area contributed by atoms with Gasteiger partial charge >= 0.3 is 5.97 Å². The van der Waals surface area contributed by atoms with Crippen molar-refractivity contribution in [1.82, 2.24) is 0 Å². The van der Waals surface area contributed by atoms with Crippen LogP contribution in [0, 0.1) is 0 Å². The van der Waals surface area contributed by atoms with Crippen molar-refractivity contribution in [1.29, 1.82) is 0 Å². The molecule has 2 atom stereocenters. The summed E-state index contributed by atoms with van der Waals surface area (Å²) in [6.07, 6.45) is -2.36. The smallest absolute Gasteiger partial charge is 0.336 e. The zero-order valence-corrected chi connectivity index (χ0v) is 8.07. The van der Waals surface area contributed by atoms with Gasteiger partial charge in [0.25, 0.3) is 0 Å². The van der Waals surface area contributed by atoms with Gasteiger partial charge in [0.15, 0.2) is 0 Å². The standard InChI is InChI=1S/C8H11NO4S/c9-3-5(10)6(11)7-4(8(12)13)1-2-14-7/h1-2,5-6,10-11H,3,9H2,(H,12,13). The lowest BCUT2D eigenvalue weighted by molar-refractivity contribution is 0.0254. The van der Waals surface area contributed by atoms with Gasteiger partial charge in [-0.1, -0.05) is 0 Å². The van der Waals surface area contributed by atoms with E-state index in [1.807, 2.05) is 0 Å². The van der Waals surface area contributed by atoms with Gasteiger partial charge < -0.3 is 21.1 Å². The number of carboxylic acid groups (broad SMARTS) is 1. The van der Waals surface area contributed by atoms with E-state index >= 15 is 0 Å². The Bertz CT molecular complexity index is 325. The molecule has 5 N–H and O–H groups in total. The first-order valence-electron chi connectivity index (χ1n) is 3.94. The summed E-state index contributed by atoms with van der Waals surface area (Å²) in [5.74, 6) is -1.12. The second kappa shape index (κ2) is 4.52. The molecule has 0 aliphatic rings. The molecule has 6 heteroatoms. The van der Waals surface area contributed by atoms with Crippen LogP contribution in [0.4, 0.5) is 0 Å². The van der Waals surface area contributed by atoms with Crippen molar-refractivity contribution < 1.29 is 20.1 Å². The van der Waals surface area contributed by atoms with E-state index in [1.54, 1.807) is 5.38 Å². The van der Waals surface area contributed by atoms with Gasteiger partial charge in [-0.15, -0.1) is 11.3 Å². The molecule has 0 saturated heterocycles. The van der Waals surface area contributed by atoms with Crippen LogP contribution in [0.15, 0.2) is 11.4 Å². The molecule has 0 aliphatic carbocycles. The van der Waals surface area contributed by atoms with Crippen LogP contribution < -0.4 is 5.73 Å². The Morgan fingerprint density at radius 2 is 2.21 bits per heavy atom. The highest BCUT2D eigenvalue weighted by Gasteiger charge is 2.23. The van der Waals surface area contributed by atoms with E-state index in [4.69, 9.17) is 10.8 Å². The minimum atomic E-state index is -1.23. The lowest BCUT2D eigenvalue weighted by atomic mass is 10.1. The Hall–Kier alpha value is -0.950. The Morgan fingerprint density at radius 1 is 1.57 bits per heavy atom. The summed E-state index contributed by atoms with van der Waals surface area (Å²) in [7, 11) is 0. The van der Waals surface area contributed by atoms with Gasteiger partial charge in [0.2, 0.25) is 0 Å². The SMILES string of the molecule is NCC(O)C(O)c1sccc1C(=O)O. The number of aliphatic hydroxyl groups excluding tert-OH is 2. The molecule has 0 aromatic carbocycles. The maximum absolute atomic E-state index is 10.7. The van der Waals surface area contributed by atoms with Crippen molar-refractivity contribution in [2.75, 3.05) is 6.54 Å². The Labute approximate surface area is 84.4 Å². The fourth-order valence-corrected chi connectivity index (χ4v) is 1.96. The number of aliphatic hydroxyl groups is 2. The topological polar surface area (TPSA) is 104 Å². The number of thiophene rings is 1. The third-order valence-corrected chi connectivity index (χ3v) is 2.79. The number of nitrogens with two attached hydrogens (primary N) is 1. The van der Waals surface area contributed by atoms with Gasteiger partial charge in [-0.2, -0.15) is 0 Å². The van der Waals surface area contributed by atoms with Crippen molar-refractivity contribution in [3.8, 4) is 0 Å². The van der Waals surface area contributed by atoms with Crippen LogP contribution in [0.5, 0.6) is 0 Å². The summed E-state index contributed by atoms with van der Waals surface area (Å²) in [5, 5.41) is 29.1. The average molecular weight is 217 g/mol. The third-order valence-electron chi connectivity index (χ3n) is 1.80. The van der Waals surface area contributed by atoms with E-state index in [-0.39, 0.29) is 17.0 Å². The van der Waals surface area contributed by atoms with Crippen LogP contribution in [0.1, 0.15) is 21.3 Å². The van der Waals surface area contributed by atoms with Crippen LogP contribution in [-0.4, -0.2) is 33.9 Å². The van der Waals surface area contributed by atoms with Gasteiger partial charge in [0.05, 0.1) is 16.5 Å². The number of carboxylic acids is 1. The van der Waals surface area contributed by atoms with Crippen molar-refractivity contribution in [2.45, 2.75) is 12.2 Å². The van der Waals surface area contributed by atoms with Gasteiger partial charge in [0.1, 0.15) is 6.10 Å². The predicted octanol–water partition coefficient (Wildman–Crippen LogP) is -0.201. The lowest BCUT2D eigenvalue weighted by Crippen LogP contribution is -2.27. The van der Waals surface area contributed by atoms with Gasteiger partial charge in [-0.25, -0.2) is 4.79 Å². The predicted molar refractivity (Wildman–Crippen MR) is 51.3 cm³/mol. The van der Waals surface area contributed by atoms with Crippen LogP contribution in [0.25, 0.3) is 0 Å². The van der Waals surface area contributed by atoms with E-state index < -0.39 is 18.2 Å². The fourth-order valence-electron chi connectivity index (χ4n) is 1.03. The Kier molecular flexibility index (Phi) is 3.59. The molecular weight excluding hydrogens is 206 g/mol. The van der Waals surface area contributed by atoms with E-state index in [0.717, 1.165) is 11.3 Å². The van der Waals surface area contributed by atoms with Crippen LogP contribution in [0.2, 0.25) is 0 Å². The molecule has 0 radical (unpaired) electrons. The highest BCUT2D eigenvalue weighted by atomic mass is 32.1. The summed E-state index contributed by atoms with van der Waals surface area (Å²) in [6.45, 7) is -0.113. The molecule has 0 aliphatic heterocycles. The molecular formula is C8H11NO4S. The quantitative estimate of drug-likeness (QED) is 0.559. The lowest BCUT2D eigenvalue weighted by Gasteiger charge is -2.15. The van der Waals surface area contributed by atoms with Gasteiger partial charge in [-0.05, 0) is 11.4 Å². The highest BCUT2D eigenvalue weighted by molar-refractivity contribution is 7.10. The number of aromatic carboxylic acids is 1. The van der Waals surface area contributed by atoms with E-state index in [1.165, 1.54) is 6.07 Å². The maximum atomic E-state index is 10.7. The van der Waals surface area contributed by atoms with Crippen molar-refractivity contribution in [3.63, 3.8) is 0 Å². The second-order valence-corrected chi connectivity index (χ2v) is 3.70. The molecule has 0 spiro atoms. The molecule has 1 heterocycles. The summed E-state index contributed by atoms with van der Waals surface area (Å²) < 4.78 is 0. The Morgan fingerprint density at radius 3 is 2.71 bits per heavy atom. The fraction of sp³-hybridized carbons (Fsp3) is 0.375. The molecule has 0 fully saturated rings. The molecule has 0 bridgehead atoms. The first-order chi connectivity index (χ1) is 6.57. The van der Waals surface area contributed by atoms with Gasteiger partial charge in [-0.3, -0.25) is 0 Å². The van der Waals surface area contributed by atoms with E-state index in [2.05, 4.69) is 0 Å². The summed E-state index contributed by atoms with van der Waals surface area (Å²) in [6, 6.07) is 1.38. The Balaban J connectivity index is 2.94. The number of rotatable bonds is 4. The molecule has 1 aromatic rings. The largest absolute Gasteiger partial charge is 0.478 e. The first-order valence-corrected chi connectivity index (χ1v) is 4.82. The number of hydrogen-bond donors (Lipinski definition) is 4. The van der Waals surface area contributed by atoms with Crippen molar-refractivity contribution >= 4 is 17.3 Å². The second-order valence-electron chi connectivity index (χ2n) is 2.75. The minimum Gasteiger partial charge on any atom is -0.478 e. The first kappa shape index (κ1) is 11.1. The molecule has 0 saturated carbocycles. The molecule has 0 amide bonds. The number of carbonyl (C=O) groups is 1. The molecule has 1 rings (SSSR count). The summed E-state index contributed by atoms with van der Waals surface area (Å²) in [4.78, 5) is 10.9. The monoisotopic (exact) mass is 217 g/mol. The van der Waals surface area contributed by atoms with Crippen LogP contribution >= 0.6 is 11.3 Å². The summed E-state index contributed by atoms with van der Waals surface area (Å²) >= 11 is 1.08. The molecule has 1 aromatic heterocycles. The van der Waals surface area contributed by atoms with Gasteiger partial charge in [0, 0.05) is 6.54 Å². The van der Waals surface area contributed by atoms with E-state index in [0.29, 0.717) is 0 Å². The normalized spacial score (nSPS) is 15.1. The molecule has 78 valence electrons. The molecule has 14 heavy (non-hydrogen) atoms. The van der Waals surface area contributed by atoms with Crippen LogP contribution in [-0.2, 0) is 0 Å². The average Bonchev–Trinajstić information content (AvgIpc) is 2.63. The van der Waals surface area contributed by atoms with Crippen molar-refractivity contribution in [2.24, 2.45) is 5.73 Å². The minimum absolute atomic E-state index is 0.00926. The maximum Gasteiger partial charge on any atom is 0.336 e. The van der Waals surface area contributed by atoms with Crippen LogP contribution in [0.3, 0.4) is 0 Å². The number of hydrogen-bond acceptors (Lipinski definition) is 5. The molecule has 5 nitrogen and oxygen atoms in total. The highest BCUT2D eigenvalue weighted by Crippen LogP contribution is 2.26.